The lowest BCUT2D eigenvalue weighted by atomic mass is 9.90. The molecule has 6 rings (SSSR count). The van der Waals surface area contributed by atoms with E-state index < -0.39 is 5.82 Å². The number of carbonyl (C=O) groups excluding carboxylic acids is 1. The standard InChI is InChI=1S/C35H41ClFN7O2/c1-5-30(45)39-23-9-12-25(13-10-23)44-33-27(22(3)31(34(44)46)26-7-6-8-28(37)32(26)36)20-38-35(41-33)40-24-11-14-29(21(2)19-24)43-17-15-42(4)16-18-43/h6-8,11,14,19-20,23,25H,5,9-10,12-13,15-18H2,1-4H3,(H,39,45)(H,38,40,41). The Balaban J connectivity index is 1.38. The van der Waals surface area contributed by atoms with Crippen molar-refractivity contribution in [1.29, 1.82) is 0 Å². The maximum absolute atomic E-state index is 14.6. The number of amides is 1. The fraction of sp³-hybridized carbons (Fsp3) is 0.429. The third kappa shape index (κ3) is 6.33. The average molecular weight is 646 g/mol. The summed E-state index contributed by atoms with van der Waals surface area (Å²) in [4.78, 5) is 40.8. The highest BCUT2D eigenvalue weighted by molar-refractivity contribution is 6.33. The monoisotopic (exact) mass is 645 g/mol. The van der Waals surface area contributed by atoms with Crippen LogP contribution in [0.1, 0.15) is 56.2 Å². The summed E-state index contributed by atoms with van der Waals surface area (Å²) in [7, 11) is 2.15. The minimum absolute atomic E-state index is 0.0275. The van der Waals surface area contributed by atoms with E-state index in [-0.39, 0.29) is 28.6 Å². The Morgan fingerprint density at radius 1 is 1.07 bits per heavy atom. The molecule has 1 saturated carbocycles. The summed E-state index contributed by atoms with van der Waals surface area (Å²) in [6, 6.07) is 10.7. The third-order valence-corrected chi connectivity index (χ3v) is 9.86. The van der Waals surface area contributed by atoms with Crippen molar-refractivity contribution < 1.29 is 9.18 Å². The van der Waals surface area contributed by atoms with E-state index in [0.717, 1.165) is 50.3 Å². The molecule has 1 aliphatic carbocycles. The Bertz CT molecular complexity index is 1830. The van der Waals surface area contributed by atoms with E-state index in [0.29, 0.717) is 52.9 Å². The van der Waals surface area contributed by atoms with Gasteiger partial charge in [-0.05, 0) is 82.0 Å². The van der Waals surface area contributed by atoms with Gasteiger partial charge in [0.05, 0.1) is 10.6 Å². The number of pyridine rings is 1. The van der Waals surface area contributed by atoms with Gasteiger partial charge in [0.2, 0.25) is 11.9 Å². The van der Waals surface area contributed by atoms with Gasteiger partial charge < -0.3 is 20.4 Å². The second-order valence-corrected chi connectivity index (χ2v) is 12.9. The van der Waals surface area contributed by atoms with Gasteiger partial charge in [0.1, 0.15) is 11.5 Å². The number of nitrogens with zero attached hydrogens (tertiary/aromatic N) is 5. The van der Waals surface area contributed by atoms with E-state index in [9.17, 15) is 14.0 Å². The molecule has 2 N–H and O–H groups in total. The molecular weight excluding hydrogens is 605 g/mol. The summed E-state index contributed by atoms with van der Waals surface area (Å²) < 4.78 is 16.3. The largest absolute Gasteiger partial charge is 0.369 e. The lowest BCUT2D eigenvalue weighted by molar-refractivity contribution is -0.121. The maximum atomic E-state index is 14.6. The molecule has 9 nitrogen and oxygen atoms in total. The van der Waals surface area contributed by atoms with Crippen molar-refractivity contribution >= 4 is 45.9 Å². The van der Waals surface area contributed by atoms with Crippen LogP contribution < -0.4 is 21.1 Å². The number of piperazine rings is 1. The summed E-state index contributed by atoms with van der Waals surface area (Å²) >= 11 is 6.43. The van der Waals surface area contributed by atoms with E-state index in [1.807, 2.05) is 19.9 Å². The minimum Gasteiger partial charge on any atom is -0.369 e. The predicted octanol–water partition coefficient (Wildman–Crippen LogP) is 6.37. The van der Waals surface area contributed by atoms with Crippen LogP contribution in [0.25, 0.3) is 22.2 Å². The highest BCUT2D eigenvalue weighted by atomic mass is 35.5. The van der Waals surface area contributed by atoms with Gasteiger partial charge in [-0.15, -0.1) is 0 Å². The van der Waals surface area contributed by atoms with Crippen molar-refractivity contribution in [1.82, 2.24) is 24.8 Å². The van der Waals surface area contributed by atoms with Gasteiger partial charge in [-0.2, -0.15) is 4.98 Å². The van der Waals surface area contributed by atoms with Crippen molar-refractivity contribution in [3.05, 3.63) is 74.9 Å². The fourth-order valence-corrected chi connectivity index (χ4v) is 7.04. The molecule has 1 amide bonds. The minimum atomic E-state index is -0.582. The summed E-state index contributed by atoms with van der Waals surface area (Å²) in [5.41, 5.74) is 4.82. The first-order chi connectivity index (χ1) is 22.1. The number of hydrogen-bond donors (Lipinski definition) is 2. The number of halogens is 2. The van der Waals surface area contributed by atoms with E-state index in [1.165, 1.54) is 11.8 Å². The zero-order chi connectivity index (χ0) is 32.5. The summed E-state index contributed by atoms with van der Waals surface area (Å²) in [6.45, 7) is 9.83. The first kappa shape index (κ1) is 31.9. The third-order valence-electron chi connectivity index (χ3n) is 9.47. The molecule has 1 aliphatic heterocycles. The summed E-state index contributed by atoms with van der Waals surface area (Å²) in [5, 5.41) is 7.06. The van der Waals surface area contributed by atoms with Crippen LogP contribution in [0, 0.1) is 19.7 Å². The van der Waals surface area contributed by atoms with Crippen LogP contribution in [0.4, 0.5) is 21.7 Å². The number of anilines is 3. The van der Waals surface area contributed by atoms with Crippen molar-refractivity contribution in [2.45, 2.75) is 65.0 Å². The number of rotatable bonds is 7. The van der Waals surface area contributed by atoms with Crippen LogP contribution >= 0.6 is 11.6 Å². The van der Waals surface area contributed by atoms with Gasteiger partial charge in [0, 0.05) is 73.2 Å². The van der Waals surface area contributed by atoms with E-state index in [2.05, 4.69) is 51.5 Å². The molecule has 0 radical (unpaired) electrons. The molecule has 2 fully saturated rings. The van der Waals surface area contributed by atoms with Gasteiger partial charge in [-0.1, -0.05) is 30.7 Å². The Morgan fingerprint density at radius 2 is 1.80 bits per heavy atom. The van der Waals surface area contributed by atoms with Gasteiger partial charge in [0.25, 0.3) is 5.56 Å². The second kappa shape index (κ2) is 13.4. The molecule has 0 unspecified atom stereocenters. The number of hydrogen-bond acceptors (Lipinski definition) is 7. The zero-order valence-electron chi connectivity index (χ0n) is 26.9. The van der Waals surface area contributed by atoms with Crippen LogP contribution in [-0.2, 0) is 4.79 Å². The Kier molecular flexibility index (Phi) is 9.29. The number of benzene rings is 2. The SMILES string of the molecule is CCC(=O)NC1CCC(n2c(=O)c(-c3cccc(F)c3Cl)c(C)c3cnc(Nc4ccc(N5CCN(C)CC5)c(C)c4)nc32)CC1. The average Bonchev–Trinajstić information content (AvgIpc) is 3.04. The Hall–Kier alpha value is -4.02. The number of likely N-dealkylation sites (N-methyl/N-ethyl adjacent to an activating group) is 1. The van der Waals surface area contributed by atoms with Crippen LogP contribution in [-0.4, -0.2) is 64.6 Å². The molecule has 0 atom stereocenters. The van der Waals surface area contributed by atoms with Gasteiger partial charge >= 0.3 is 0 Å². The van der Waals surface area contributed by atoms with E-state index in [1.54, 1.807) is 22.9 Å². The van der Waals surface area contributed by atoms with Crippen molar-refractivity contribution in [3.8, 4) is 11.1 Å². The highest BCUT2D eigenvalue weighted by Gasteiger charge is 2.29. The topological polar surface area (TPSA) is 95.4 Å². The molecule has 4 aromatic rings. The van der Waals surface area contributed by atoms with Crippen molar-refractivity contribution in [3.63, 3.8) is 0 Å². The Morgan fingerprint density at radius 3 is 2.50 bits per heavy atom. The summed E-state index contributed by atoms with van der Waals surface area (Å²) in [5.74, 6) is -0.173. The summed E-state index contributed by atoms with van der Waals surface area (Å²) in [6.07, 6.45) is 5.01. The smallest absolute Gasteiger partial charge is 0.260 e. The second-order valence-electron chi connectivity index (χ2n) is 12.6. The van der Waals surface area contributed by atoms with Crippen LogP contribution in [0.3, 0.4) is 0 Å². The predicted molar refractivity (Wildman–Crippen MR) is 183 cm³/mol. The molecule has 242 valence electrons. The lowest BCUT2D eigenvalue weighted by Gasteiger charge is -2.35. The molecule has 2 aliphatic rings. The van der Waals surface area contributed by atoms with Gasteiger partial charge in [-0.25, -0.2) is 9.37 Å². The van der Waals surface area contributed by atoms with Crippen LogP contribution in [0.15, 0.2) is 47.4 Å². The quantitative estimate of drug-likeness (QED) is 0.241. The molecule has 2 aromatic heterocycles. The molecule has 0 spiro atoms. The normalized spacial score (nSPS) is 19.0. The molecule has 3 heterocycles. The van der Waals surface area contributed by atoms with E-state index >= 15 is 0 Å². The number of nitrogens with one attached hydrogen (secondary N) is 2. The molecule has 2 aromatic carbocycles. The number of fused-ring (bicyclic) bond motifs is 1. The molecule has 1 saturated heterocycles. The van der Waals surface area contributed by atoms with Gasteiger partial charge in [-0.3, -0.25) is 14.2 Å². The molecule has 11 heteroatoms. The van der Waals surface area contributed by atoms with Crippen LogP contribution in [0.2, 0.25) is 5.02 Å². The molecule has 46 heavy (non-hydrogen) atoms. The van der Waals surface area contributed by atoms with Crippen molar-refractivity contribution in [2.75, 3.05) is 43.4 Å². The highest BCUT2D eigenvalue weighted by Crippen LogP contribution is 2.36. The van der Waals surface area contributed by atoms with Gasteiger partial charge in [0.15, 0.2) is 0 Å². The molecule has 0 bridgehead atoms. The maximum Gasteiger partial charge on any atom is 0.260 e. The number of aromatic nitrogens is 3. The molecular formula is C35H41ClFN7O2. The Labute approximate surface area is 273 Å². The fourth-order valence-electron chi connectivity index (χ4n) is 6.82. The van der Waals surface area contributed by atoms with Crippen LogP contribution in [0.5, 0.6) is 0 Å². The van der Waals surface area contributed by atoms with Crippen molar-refractivity contribution in [2.24, 2.45) is 0 Å². The number of aryl methyl sites for hydroxylation is 2. The lowest BCUT2D eigenvalue weighted by Crippen LogP contribution is -2.44. The van der Waals surface area contributed by atoms with E-state index in [4.69, 9.17) is 16.6 Å². The first-order valence-corrected chi connectivity index (χ1v) is 16.5. The zero-order valence-corrected chi connectivity index (χ0v) is 27.6. The first-order valence-electron chi connectivity index (χ1n) is 16.1. The number of carbonyl (C=O) groups is 1.